The van der Waals surface area contributed by atoms with Crippen LogP contribution in [-0.2, 0) is 6.54 Å². The maximum absolute atomic E-state index is 13.8. The fourth-order valence-corrected chi connectivity index (χ4v) is 1.68. The van der Waals surface area contributed by atoms with E-state index in [4.69, 9.17) is 10.5 Å². The number of ether oxygens (including phenoxy) is 1. The molecule has 0 aliphatic rings. The molecule has 0 unspecified atom stereocenters. The smallest absolute Gasteiger partial charge is 0.134 e. The Morgan fingerprint density at radius 2 is 1.82 bits per heavy atom. The third kappa shape index (κ3) is 2.45. The summed E-state index contributed by atoms with van der Waals surface area (Å²) in [5, 5.41) is 0. The molecule has 0 amide bonds. The zero-order chi connectivity index (χ0) is 12.3. The lowest BCUT2D eigenvalue weighted by molar-refractivity contribution is 0.411. The van der Waals surface area contributed by atoms with Crippen LogP contribution in [0.25, 0.3) is 11.1 Å². The van der Waals surface area contributed by atoms with Gasteiger partial charge >= 0.3 is 0 Å². The van der Waals surface area contributed by atoms with E-state index in [2.05, 4.69) is 0 Å². The van der Waals surface area contributed by atoms with E-state index in [1.54, 1.807) is 12.1 Å². The molecule has 0 aliphatic carbocycles. The maximum Gasteiger partial charge on any atom is 0.134 e. The second-order valence-electron chi connectivity index (χ2n) is 3.75. The molecule has 0 aliphatic heterocycles. The van der Waals surface area contributed by atoms with Crippen molar-refractivity contribution in [3.05, 3.63) is 53.8 Å². The Kier molecular flexibility index (Phi) is 3.40. The second-order valence-corrected chi connectivity index (χ2v) is 3.75. The second kappa shape index (κ2) is 4.97. The van der Waals surface area contributed by atoms with E-state index < -0.39 is 0 Å². The van der Waals surface area contributed by atoms with Crippen molar-refractivity contribution in [1.82, 2.24) is 0 Å². The molecule has 17 heavy (non-hydrogen) atoms. The highest BCUT2D eigenvalue weighted by atomic mass is 19.1. The molecular formula is C14H14FNO. The minimum absolute atomic E-state index is 0.287. The van der Waals surface area contributed by atoms with Crippen molar-refractivity contribution in [2.75, 3.05) is 7.11 Å². The molecule has 0 aromatic heterocycles. The largest absolute Gasteiger partial charge is 0.497 e. The standard InChI is InChI=1S/C14H14FNO/c1-17-12-6-7-13(14(15)8-12)11-4-2-10(9-16)3-5-11/h2-8H,9,16H2,1H3. The first-order valence-electron chi connectivity index (χ1n) is 5.37. The minimum atomic E-state index is -0.287. The van der Waals surface area contributed by atoms with Crippen LogP contribution in [0.4, 0.5) is 4.39 Å². The van der Waals surface area contributed by atoms with Gasteiger partial charge in [0, 0.05) is 18.2 Å². The molecule has 0 heterocycles. The molecule has 3 heteroatoms. The summed E-state index contributed by atoms with van der Waals surface area (Å²) in [7, 11) is 1.52. The van der Waals surface area contributed by atoms with E-state index >= 15 is 0 Å². The van der Waals surface area contributed by atoms with Gasteiger partial charge in [0.25, 0.3) is 0 Å². The predicted molar refractivity (Wildman–Crippen MR) is 66.3 cm³/mol. The fraction of sp³-hybridized carbons (Fsp3) is 0.143. The molecule has 2 nitrogen and oxygen atoms in total. The molecule has 2 N–H and O–H groups in total. The lowest BCUT2D eigenvalue weighted by atomic mass is 10.0. The molecule has 2 aromatic carbocycles. The Labute approximate surface area is 99.8 Å². The Hall–Kier alpha value is -1.87. The van der Waals surface area contributed by atoms with Gasteiger partial charge in [-0.05, 0) is 23.3 Å². The highest BCUT2D eigenvalue weighted by Gasteiger charge is 2.06. The van der Waals surface area contributed by atoms with Crippen LogP contribution in [0.1, 0.15) is 5.56 Å². The highest BCUT2D eigenvalue weighted by Crippen LogP contribution is 2.26. The quantitative estimate of drug-likeness (QED) is 0.881. The molecule has 88 valence electrons. The number of hydrogen-bond acceptors (Lipinski definition) is 2. The molecule has 0 atom stereocenters. The molecule has 2 rings (SSSR count). The molecular weight excluding hydrogens is 217 g/mol. The van der Waals surface area contributed by atoms with E-state index in [0.29, 0.717) is 17.9 Å². The number of rotatable bonds is 3. The third-order valence-corrected chi connectivity index (χ3v) is 2.68. The van der Waals surface area contributed by atoms with Crippen LogP contribution >= 0.6 is 0 Å². The Morgan fingerprint density at radius 1 is 1.12 bits per heavy atom. The molecule has 0 saturated heterocycles. The summed E-state index contributed by atoms with van der Waals surface area (Å²) in [5.74, 6) is 0.231. The van der Waals surface area contributed by atoms with Crippen LogP contribution in [0, 0.1) is 5.82 Å². The molecule has 0 spiro atoms. The number of nitrogens with two attached hydrogens (primary N) is 1. The molecule has 0 fully saturated rings. The van der Waals surface area contributed by atoms with Gasteiger partial charge in [0.05, 0.1) is 7.11 Å². The summed E-state index contributed by atoms with van der Waals surface area (Å²) in [6.07, 6.45) is 0. The molecule has 0 bridgehead atoms. The normalized spacial score (nSPS) is 10.3. The average Bonchev–Trinajstić information content (AvgIpc) is 2.39. The molecule has 2 aromatic rings. The van der Waals surface area contributed by atoms with Gasteiger partial charge in [-0.2, -0.15) is 0 Å². The van der Waals surface area contributed by atoms with Crippen molar-refractivity contribution in [3.63, 3.8) is 0 Å². The Balaban J connectivity index is 2.38. The van der Waals surface area contributed by atoms with Crippen LogP contribution < -0.4 is 10.5 Å². The van der Waals surface area contributed by atoms with Gasteiger partial charge in [0.2, 0.25) is 0 Å². The van der Waals surface area contributed by atoms with E-state index in [1.807, 2.05) is 24.3 Å². The van der Waals surface area contributed by atoms with Gasteiger partial charge in [0.1, 0.15) is 11.6 Å². The van der Waals surface area contributed by atoms with E-state index in [0.717, 1.165) is 11.1 Å². The fourth-order valence-electron chi connectivity index (χ4n) is 1.68. The van der Waals surface area contributed by atoms with Gasteiger partial charge in [-0.1, -0.05) is 24.3 Å². The van der Waals surface area contributed by atoms with Crippen LogP contribution in [0.15, 0.2) is 42.5 Å². The molecule has 0 radical (unpaired) electrons. The van der Waals surface area contributed by atoms with Crippen LogP contribution in [0.2, 0.25) is 0 Å². The average molecular weight is 231 g/mol. The van der Waals surface area contributed by atoms with Crippen LogP contribution in [0.5, 0.6) is 5.75 Å². The summed E-state index contributed by atoms with van der Waals surface area (Å²) in [6.45, 7) is 0.491. The van der Waals surface area contributed by atoms with E-state index in [-0.39, 0.29) is 5.82 Å². The number of halogens is 1. The Bertz CT molecular complexity index is 508. The zero-order valence-electron chi connectivity index (χ0n) is 9.61. The van der Waals surface area contributed by atoms with Gasteiger partial charge in [0.15, 0.2) is 0 Å². The summed E-state index contributed by atoms with van der Waals surface area (Å²) >= 11 is 0. The van der Waals surface area contributed by atoms with E-state index in [9.17, 15) is 4.39 Å². The van der Waals surface area contributed by atoms with Crippen molar-refractivity contribution in [1.29, 1.82) is 0 Å². The topological polar surface area (TPSA) is 35.2 Å². The first-order valence-corrected chi connectivity index (χ1v) is 5.37. The minimum Gasteiger partial charge on any atom is -0.497 e. The zero-order valence-corrected chi connectivity index (χ0v) is 9.61. The van der Waals surface area contributed by atoms with Gasteiger partial charge in [-0.15, -0.1) is 0 Å². The summed E-state index contributed by atoms with van der Waals surface area (Å²) in [4.78, 5) is 0. The first kappa shape index (κ1) is 11.6. The van der Waals surface area contributed by atoms with Gasteiger partial charge in [-0.3, -0.25) is 0 Å². The van der Waals surface area contributed by atoms with E-state index in [1.165, 1.54) is 13.2 Å². The van der Waals surface area contributed by atoms with Crippen molar-refractivity contribution >= 4 is 0 Å². The maximum atomic E-state index is 13.8. The number of benzene rings is 2. The lowest BCUT2D eigenvalue weighted by Gasteiger charge is -2.06. The SMILES string of the molecule is COc1ccc(-c2ccc(CN)cc2)c(F)c1. The van der Waals surface area contributed by atoms with Crippen molar-refractivity contribution in [2.45, 2.75) is 6.54 Å². The van der Waals surface area contributed by atoms with Crippen molar-refractivity contribution in [2.24, 2.45) is 5.73 Å². The van der Waals surface area contributed by atoms with Crippen LogP contribution in [0.3, 0.4) is 0 Å². The highest BCUT2D eigenvalue weighted by molar-refractivity contribution is 5.65. The third-order valence-electron chi connectivity index (χ3n) is 2.68. The molecule has 0 saturated carbocycles. The lowest BCUT2D eigenvalue weighted by Crippen LogP contribution is -1.95. The predicted octanol–water partition coefficient (Wildman–Crippen LogP) is 2.96. The van der Waals surface area contributed by atoms with Crippen molar-refractivity contribution in [3.8, 4) is 16.9 Å². The number of methoxy groups -OCH3 is 1. The van der Waals surface area contributed by atoms with Crippen molar-refractivity contribution < 1.29 is 9.13 Å². The number of hydrogen-bond donors (Lipinski definition) is 1. The monoisotopic (exact) mass is 231 g/mol. The summed E-state index contributed by atoms with van der Waals surface area (Å²) < 4.78 is 18.8. The summed E-state index contributed by atoms with van der Waals surface area (Å²) in [6, 6.07) is 12.4. The van der Waals surface area contributed by atoms with Gasteiger partial charge in [-0.25, -0.2) is 4.39 Å². The summed E-state index contributed by atoms with van der Waals surface area (Å²) in [5.41, 5.74) is 7.95. The van der Waals surface area contributed by atoms with Gasteiger partial charge < -0.3 is 10.5 Å². The Morgan fingerprint density at radius 3 is 2.35 bits per heavy atom. The first-order chi connectivity index (χ1) is 8.24. The van der Waals surface area contributed by atoms with Crippen LogP contribution in [-0.4, -0.2) is 7.11 Å².